The Labute approximate surface area is 155 Å². The van der Waals surface area contributed by atoms with Gasteiger partial charge in [-0.05, 0) is 24.1 Å². The minimum atomic E-state index is -4.53. The van der Waals surface area contributed by atoms with Gasteiger partial charge in [-0.2, -0.15) is 22.8 Å². The van der Waals surface area contributed by atoms with Crippen LogP contribution in [-0.4, -0.2) is 44.5 Å². The Morgan fingerprint density at radius 2 is 1.86 bits per heavy atom. The van der Waals surface area contributed by atoms with Gasteiger partial charge in [0.2, 0.25) is 0 Å². The molecule has 1 aliphatic heterocycles. The van der Waals surface area contributed by atoms with Gasteiger partial charge in [-0.25, -0.2) is 17.9 Å². The molecule has 0 radical (unpaired) electrons. The molecule has 1 aromatic carbocycles. The summed E-state index contributed by atoms with van der Waals surface area (Å²) in [6, 6.07) is 0.641. The third kappa shape index (κ3) is 4.13. The Hall–Kier alpha value is -2.56. The molecule has 1 aliphatic rings. The molecule has 0 bridgehead atoms. The number of aliphatic hydroxyl groups is 1. The normalized spacial score (nSPS) is 18.1. The van der Waals surface area contributed by atoms with E-state index in [4.69, 9.17) is 5.73 Å². The van der Waals surface area contributed by atoms with E-state index >= 15 is 0 Å². The van der Waals surface area contributed by atoms with Gasteiger partial charge in [0.25, 0.3) is 0 Å². The highest BCUT2D eigenvalue weighted by molar-refractivity contribution is 5.69. The van der Waals surface area contributed by atoms with E-state index in [2.05, 4.69) is 5.10 Å². The van der Waals surface area contributed by atoms with Crippen molar-refractivity contribution >= 4 is 5.90 Å². The molecule has 152 valence electrons. The summed E-state index contributed by atoms with van der Waals surface area (Å²) in [5.41, 5.74) is 4.83. The Kier molecular flexibility index (Phi) is 5.37. The molecule has 3 rings (SSSR count). The predicted octanol–water partition coefficient (Wildman–Crippen LogP) is 2.80. The molecule has 3 N–H and O–H groups in total. The first-order chi connectivity index (χ1) is 13.1. The van der Waals surface area contributed by atoms with E-state index in [0.29, 0.717) is 12.1 Å². The van der Waals surface area contributed by atoms with Crippen LogP contribution in [0.3, 0.4) is 0 Å². The van der Waals surface area contributed by atoms with Crippen LogP contribution in [0.25, 0.3) is 0 Å². The molecular formula is C17H17F6N4O+. The van der Waals surface area contributed by atoms with Crippen LogP contribution in [0.1, 0.15) is 23.7 Å². The monoisotopic (exact) mass is 407 g/mol. The molecule has 28 heavy (non-hydrogen) atoms. The van der Waals surface area contributed by atoms with E-state index in [0.717, 1.165) is 16.9 Å². The maximum absolute atomic E-state index is 13.7. The van der Waals surface area contributed by atoms with Gasteiger partial charge in [-0.3, -0.25) is 0 Å². The minimum absolute atomic E-state index is 0.100. The number of aromatic nitrogens is 2. The summed E-state index contributed by atoms with van der Waals surface area (Å²) < 4.78 is 80.8. The van der Waals surface area contributed by atoms with Crippen LogP contribution in [0, 0.1) is 17.5 Å². The number of hydrogen-bond acceptors (Lipinski definition) is 2. The Bertz CT molecular complexity index is 900. The second-order valence-corrected chi connectivity index (χ2v) is 6.66. The second-order valence-electron chi connectivity index (χ2n) is 6.66. The first-order valence-corrected chi connectivity index (χ1v) is 8.35. The molecular weight excluding hydrogens is 390 g/mol. The zero-order valence-corrected chi connectivity index (χ0v) is 14.4. The van der Waals surface area contributed by atoms with Gasteiger partial charge in [0.1, 0.15) is 11.5 Å². The molecule has 0 spiro atoms. The van der Waals surface area contributed by atoms with Crippen LogP contribution in [0.2, 0.25) is 0 Å². The maximum atomic E-state index is 13.7. The van der Waals surface area contributed by atoms with E-state index < -0.39 is 41.4 Å². The molecule has 1 saturated heterocycles. The van der Waals surface area contributed by atoms with Crippen LogP contribution in [0.4, 0.5) is 26.3 Å². The van der Waals surface area contributed by atoms with Gasteiger partial charge < -0.3 is 10.8 Å². The number of benzene rings is 1. The summed E-state index contributed by atoms with van der Waals surface area (Å²) in [5, 5.41) is 13.8. The van der Waals surface area contributed by atoms with E-state index in [1.165, 1.54) is 4.58 Å². The first-order valence-electron chi connectivity index (χ1n) is 8.35. The average Bonchev–Trinajstić information content (AvgIpc) is 3.00. The lowest BCUT2D eigenvalue weighted by Gasteiger charge is -2.26. The Balaban J connectivity index is 1.62. The summed E-state index contributed by atoms with van der Waals surface area (Å²) >= 11 is 0. The summed E-state index contributed by atoms with van der Waals surface area (Å²) in [7, 11) is 0. The molecule has 1 aromatic heterocycles. The third-order valence-electron chi connectivity index (χ3n) is 4.55. The van der Waals surface area contributed by atoms with Crippen molar-refractivity contribution in [2.24, 2.45) is 5.73 Å². The predicted molar refractivity (Wildman–Crippen MR) is 86.5 cm³/mol. The maximum Gasteiger partial charge on any atom is 0.433 e. The van der Waals surface area contributed by atoms with Gasteiger partial charge in [-0.1, -0.05) is 0 Å². The van der Waals surface area contributed by atoms with Crippen LogP contribution >= 0.6 is 0 Å². The molecule has 0 saturated carbocycles. The van der Waals surface area contributed by atoms with Gasteiger partial charge in [0, 0.05) is 18.3 Å². The van der Waals surface area contributed by atoms with Crippen molar-refractivity contribution in [3.8, 4) is 0 Å². The lowest BCUT2D eigenvalue weighted by Crippen LogP contribution is -2.46. The van der Waals surface area contributed by atoms with Crippen molar-refractivity contribution < 1.29 is 36.0 Å². The molecule has 1 fully saturated rings. The van der Waals surface area contributed by atoms with Gasteiger partial charge in [-0.15, -0.1) is 0 Å². The number of nitrogens with zero attached hydrogens (tertiary/aromatic N) is 3. The fraction of sp³-hybridized carbons (Fsp3) is 0.412. The Morgan fingerprint density at radius 3 is 2.50 bits per heavy atom. The van der Waals surface area contributed by atoms with Crippen molar-refractivity contribution in [2.45, 2.75) is 31.1 Å². The standard InChI is InChI=1S/C17H16F6N4O/c18-12-6-14(20)13(19)4-9(12)3-10(24)5-16(28)26-7-11(8-26)27-15(1-2-25-27)17(21,22)23/h1-2,4,6,10-11H,3,5,7-8,24H2/p+1/t10-/m1/s1. The smallest absolute Gasteiger partial charge is 0.433 e. The van der Waals surface area contributed by atoms with Crippen LogP contribution in [0.15, 0.2) is 24.4 Å². The largest absolute Gasteiger partial charge is 0.463 e. The second kappa shape index (κ2) is 7.46. The molecule has 1 atom stereocenters. The Morgan fingerprint density at radius 1 is 1.21 bits per heavy atom. The SMILES string of the molecule is N[C@@H](CC(O)=[N+]1CC(n2nccc2C(F)(F)F)C1)Cc1cc(F)c(F)cc1F. The molecule has 5 nitrogen and oxygen atoms in total. The van der Waals surface area contributed by atoms with Crippen LogP contribution in [0.5, 0.6) is 0 Å². The fourth-order valence-electron chi connectivity index (χ4n) is 3.09. The van der Waals surface area contributed by atoms with Crippen molar-refractivity contribution in [2.75, 3.05) is 13.1 Å². The van der Waals surface area contributed by atoms with Crippen molar-refractivity contribution in [3.05, 3.63) is 53.1 Å². The van der Waals surface area contributed by atoms with E-state index in [9.17, 15) is 31.4 Å². The zero-order chi connectivity index (χ0) is 20.6. The molecule has 0 aliphatic carbocycles. The van der Waals surface area contributed by atoms with Gasteiger partial charge in [0.15, 0.2) is 30.8 Å². The van der Waals surface area contributed by atoms with E-state index in [1.807, 2.05) is 0 Å². The number of alkyl halides is 3. The quantitative estimate of drug-likeness (QED) is 0.347. The summed E-state index contributed by atoms with van der Waals surface area (Å²) in [6.45, 7) is 0.200. The summed E-state index contributed by atoms with van der Waals surface area (Å²) in [4.78, 5) is 0. The summed E-state index contributed by atoms with van der Waals surface area (Å²) in [5.74, 6) is -3.64. The number of hydrogen-bond donors (Lipinski definition) is 2. The average molecular weight is 407 g/mol. The molecule has 2 heterocycles. The molecule has 11 heteroatoms. The lowest BCUT2D eigenvalue weighted by molar-refractivity contribution is -0.607. The van der Waals surface area contributed by atoms with Crippen molar-refractivity contribution in [1.29, 1.82) is 0 Å². The summed E-state index contributed by atoms with van der Waals surface area (Å²) in [6.07, 6.45) is -3.72. The van der Waals surface area contributed by atoms with E-state index in [-0.39, 0.29) is 37.4 Å². The fourth-order valence-corrected chi connectivity index (χ4v) is 3.09. The van der Waals surface area contributed by atoms with Gasteiger partial charge in [0.05, 0.1) is 6.42 Å². The van der Waals surface area contributed by atoms with Crippen LogP contribution < -0.4 is 5.73 Å². The minimum Gasteiger partial charge on any atom is -0.463 e. The topological polar surface area (TPSA) is 67.1 Å². The number of rotatable bonds is 5. The van der Waals surface area contributed by atoms with Crippen molar-refractivity contribution in [1.82, 2.24) is 9.78 Å². The van der Waals surface area contributed by atoms with E-state index in [1.54, 1.807) is 0 Å². The van der Waals surface area contributed by atoms with Crippen LogP contribution in [-0.2, 0) is 12.6 Å². The lowest BCUT2D eigenvalue weighted by atomic mass is 10.0. The highest BCUT2D eigenvalue weighted by Crippen LogP contribution is 2.32. The third-order valence-corrected chi connectivity index (χ3v) is 4.55. The number of nitrogens with two attached hydrogens (primary N) is 1. The van der Waals surface area contributed by atoms with Crippen molar-refractivity contribution in [3.63, 3.8) is 0 Å². The highest BCUT2D eigenvalue weighted by atomic mass is 19.4. The molecule has 2 aromatic rings. The first kappa shape index (κ1) is 20.2. The number of aliphatic hydroxyl groups excluding tert-OH is 1. The molecule has 0 amide bonds. The molecule has 0 unspecified atom stereocenters. The van der Waals surface area contributed by atoms with Gasteiger partial charge >= 0.3 is 12.1 Å². The number of halogens is 6. The highest BCUT2D eigenvalue weighted by Gasteiger charge is 2.43. The zero-order valence-electron chi connectivity index (χ0n) is 14.4.